The second-order valence-corrected chi connectivity index (χ2v) is 8.22. The van der Waals surface area contributed by atoms with E-state index in [2.05, 4.69) is 10.3 Å². The molecular weight excluding hydrogens is 430 g/mol. The number of aromatic amines is 1. The second-order valence-electron chi connectivity index (χ2n) is 7.81. The van der Waals surface area contributed by atoms with Gasteiger partial charge in [-0.2, -0.15) is 0 Å². The van der Waals surface area contributed by atoms with Crippen molar-refractivity contribution in [2.75, 3.05) is 25.0 Å². The van der Waals surface area contributed by atoms with Crippen LogP contribution >= 0.6 is 11.6 Å². The van der Waals surface area contributed by atoms with Gasteiger partial charge in [-0.25, -0.2) is 4.79 Å². The third-order valence-electron chi connectivity index (χ3n) is 5.66. The minimum Gasteiger partial charge on any atom is -0.462 e. The molecule has 4 rings (SSSR count). The largest absolute Gasteiger partial charge is 0.462 e. The molecule has 1 amide bonds. The lowest BCUT2D eigenvalue weighted by Gasteiger charge is -2.28. The molecule has 0 saturated carbocycles. The molecule has 0 aliphatic carbocycles. The van der Waals surface area contributed by atoms with Crippen LogP contribution in [0.15, 0.2) is 41.2 Å². The normalized spacial score (nSPS) is 13.6. The van der Waals surface area contributed by atoms with Crippen LogP contribution in [0.5, 0.6) is 0 Å². The number of pyridine rings is 1. The molecule has 7 nitrogen and oxygen atoms in total. The van der Waals surface area contributed by atoms with Gasteiger partial charge in [0.05, 0.1) is 24.2 Å². The molecule has 0 spiro atoms. The van der Waals surface area contributed by atoms with Crippen LogP contribution in [0, 0.1) is 6.92 Å². The number of hydrogen-bond donors (Lipinski definition) is 2. The summed E-state index contributed by atoms with van der Waals surface area (Å²) in [7, 11) is 0. The highest BCUT2D eigenvalue weighted by Gasteiger charge is 2.23. The number of carbonyl (C=O) groups excluding carboxylic acids is 2. The van der Waals surface area contributed by atoms with Crippen molar-refractivity contribution in [2.24, 2.45) is 0 Å². The Morgan fingerprint density at radius 2 is 1.94 bits per heavy atom. The monoisotopic (exact) mass is 453 g/mol. The molecule has 0 unspecified atom stereocenters. The summed E-state index contributed by atoms with van der Waals surface area (Å²) in [6, 6.07) is 10.0. The van der Waals surface area contributed by atoms with Crippen LogP contribution in [0.25, 0.3) is 10.9 Å². The number of ether oxygens (including phenoxy) is 1. The molecule has 0 saturated heterocycles. The van der Waals surface area contributed by atoms with Crippen LogP contribution in [0.3, 0.4) is 0 Å². The zero-order valence-corrected chi connectivity index (χ0v) is 18.7. The predicted octanol–water partition coefficient (Wildman–Crippen LogP) is 3.66. The van der Waals surface area contributed by atoms with E-state index in [1.807, 2.05) is 11.8 Å². The van der Waals surface area contributed by atoms with Crippen LogP contribution in [0.1, 0.15) is 34.1 Å². The Kier molecular flexibility index (Phi) is 6.30. The highest BCUT2D eigenvalue weighted by atomic mass is 35.5. The molecule has 8 heteroatoms. The fourth-order valence-electron chi connectivity index (χ4n) is 3.96. The number of halogens is 1. The SMILES string of the molecule is CCOC(=O)c1ccc(NC(=O)CN2CCc3[nH]c4c(C)c(Cl)ccc4c(=O)c3C2)cc1. The van der Waals surface area contributed by atoms with Gasteiger partial charge >= 0.3 is 5.97 Å². The molecule has 0 atom stereocenters. The summed E-state index contributed by atoms with van der Waals surface area (Å²) >= 11 is 6.21. The average Bonchev–Trinajstić information content (AvgIpc) is 2.78. The second kappa shape index (κ2) is 9.14. The lowest BCUT2D eigenvalue weighted by molar-refractivity contribution is -0.117. The number of amides is 1. The van der Waals surface area contributed by atoms with Gasteiger partial charge in [0.1, 0.15) is 0 Å². The van der Waals surface area contributed by atoms with E-state index in [0.717, 1.165) is 16.8 Å². The lowest BCUT2D eigenvalue weighted by atomic mass is 10.0. The van der Waals surface area contributed by atoms with Crippen molar-refractivity contribution in [3.8, 4) is 0 Å². The minimum atomic E-state index is -0.396. The first-order valence-electron chi connectivity index (χ1n) is 10.5. The van der Waals surface area contributed by atoms with Gasteiger partial charge in [-0.15, -0.1) is 0 Å². The van der Waals surface area contributed by atoms with Gasteiger partial charge < -0.3 is 15.0 Å². The van der Waals surface area contributed by atoms with E-state index in [0.29, 0.717) is 53.3 Å². The van der Waals surface area contributed by atoms with Gasteiger partial charge in [0, 0.05) is 46.9 Å². The summed E-state index contributed by atoms with van der Waals surface area (Å²) in [6.45, 7) is 5.17. The van der Waals surface area contributed by atoms with Crippen molar-refractivity contribution in [3.05, 3.63) is 74.0 Å². The Balaban J connectivity index is 1.44. The van der Waals surface area contributed by atoms with Crippen LogP contribution in [-0.2, 0) is 22.5 Å². The van der Waals surface area contributed by atoms with Crippen molar-refractivity contribution in [1.82, 2.24) is 9.88 Å². The third-order valence-corrected chi connectivity index (χ3v) is 6.07. The first kappa shape index (κ1) is 22.0. The van der Waals surface area contributed by atoms with Crippen LogP contribution in [0.4, 0.5) is 5.69 Å². The molecule has 166 valence electrons. The molecule has 1 aliphatic rings. The number of esters is 1. The Labute approximate surface area is 190 Å². The maximum absolute atomic E-state index is 13.1. The van der Waals surface area contributed by atoms with Gasteiger partial charge in [-0.05, 0) is 55.8 Å². The van der Waals surface area contributed by atoms with Gasteiger partial charge in [-0.3, -0.25) is 14.5 Å². The Morgan fingerprint density at radius 1 is 1.19 bits per heavy atom. The molecule has 32 heavy (non-hydrogen) atoms. The summed E-state index contributed by atoms with van der Waals surface area (Å²) in [4.78, 5) is 42.7. The molecule has 0 radical (unpaired) electrons. The Bertz CT molecular complexity index is 1250. The van der Waals surface area contributed by atoms with Crippen molar-refractivity contribution < 1.29 is 14.3 Å². The number of nitrogens with one attached hydrogen (secondary N) is 2. The third kappa shape index (κ3) is 4.40. The number of fused-ring (bicyclic) bond motifs is 2. The van der Waals surface area contributed by atoms with Crippen molar-refractivity contribution in [2.45, 2.75) is 26.8 Å². The predicted molar refractivity (Wildman–Crippen MR) is 124 cm³/mol. The smallest absolute Gasteiger partial charge is 0.338 e. The topological polar surface area (TPSA) is 91.5 Å². The molecule has 2 heterocycles. The van der Waals surface area contributed by atoms with Gasteiger partial charge in [0.2, 0.25) is 5.91 Å². The fourth-order valence-corrected chi connectivity index (χ4v) is 4.12. The summed E-state index contributed by atoms with van der Waals surface area (Å²) in [5.74, 6) is -0.579. The fraction of sp³-hybridized carbons (Fsp3) is 0.292. The number of nitrogens with zero attached hydrogens (tertiary/aromatic N) is 1. The molecule has 0 fully saturated rings. The lowest BCUT2D eigenvalue weighted by Crippen LogP contribution is -2.39. The molecule has 3 aromatic rings. The number of rotatable bonds is 5. The Hall–Kier alpha value is -3.16. The number of hydrogen-bond acceptors (Lipinski definition) is 5. The summed E-state index contributed by atoms with van der Waals surface area (Å²) in [5.41, 5.74) is 4.24. The van der Waals surface area contributed by atoms with Gasteiger partial charge in [0.15, 0.2) is 5.43 Å². The van der Waals surface area contributed by atoms with Crippen LogP contribution < -0.4 is 10.7 Å². The number of aromatic nitrogens is 1. The molecule has 2 N–H and O–H groups in total. The number of H-pyrrole nitrogens is 1. The van der Waals surface area contributed by atoms with Crippen molar-refractivity contribution in [1.29, 1.82) is 0 Å². The van der Waals surface area contributed by atoms with Crippen LogP contribution in [-0.4, -0.2) is 41.5 Å². The molecule has 2 aromatic carbocycles. The average molecular weight is 454 g/mol. The van der Waals surface area contributed by atoms with E-state index < -0.39 is 5.97 Å². The maximum atomic E-state index is 13.1. The zero-order chi connectivity index (χ0) is 22.8. The number of carbonyl (C=O) groups is 2. The van der Waals surface area contributed by atoms with Crippen molar-refractivity contribution >= 4 is 40.1 Å². The molecule has 1 aliphatic heterocycles. The van der Waals surface area contributed by atoms with E-state index in [1.54, 1.807) is 43.3 Å². The minimum absolute atomic E-state index is 0.0202. The van der Waals surface area contributed by atoms with E-state index in [-0.39, 0.29) is 17.9 Å². The first-order chi connectivity index (χ1) is 15.4. The highest BCUT2D eigenvalue weighted by Crippen LogP contribution is 2.25. The molecule has 1 aromatic heterocycles. The molecule has 0 bridgehead atoms. The standard InChI is InChI=1S/C24H24ClN3O4/c1-3-32-24(31)15-4-6-16(7-5-15)26-21(29)13-28-11-10-20-18(12-28)23(30)17-8-9-19(25)14(2)22(17)27-20/h4-9H,3,10-13H2,1-2H3,(H,26,29)(H,27,30). The van der Waals surface area contributed by atoms with E-state index >= 15 is 0 Å². The molecular formula is C24H24ClN3O4. The van der Waals surface area contributed by atoms with E-state index in [1.165, 1.54) is 0 Å². The number of anilines is 1. The van der Waals surface area contributed by atoms with Crippen LogP contribution in [0.2, 0.25) is 5.02 Å². The van der Waals surface area contributed by atoms with Gasteiger partial charge in [-0.1, -0.05) is 11.6 Å². The van der Waals surface area contributed by atoms with Crippen molar-refractivity contribution in [3.63, 3.8) is 0 Å². The Morgan fingerprint density at radius 3 is 2.66 bits per heavy atom. The summed E-state index contributed by atoms with van der Waals surface area (Å²) in [6.07, 6.45) is 0.647. The highest BCUT2D eigenvalue weighted by molar-refractivity contribution is 6.32. The first-order valence-corrected chi connectivity index (χ1v) is 10.9. The van der Waals surface area contributed by atoms with E-state index in [4.69, 9.17) is 16.3 Å². The maximum Gasteiger partial charge on any atom is 0.338 e. The zero-order valence-electron chi connectivity index (χ0n) is 18.0. The summed E-state index contributed by atoms with van der Waals surface area (Å²) < 4.78 is 4.96. The number of benzene rings is 2. The number of aryl methyl sites for hydroxylation is 1. The summed E-state index contributed by atoms with van der Waals surface area (Å²) in [5, 5.41) is 4.07. The quantitative estimate of drug-likeness (QED) is 0.575. The van der Waals surface area contributed by atoms with Gasteiger partial charge in [0.25, 0.3) is 0 Å². The van der Waals surface area contributed by atoms with E-state index in [9.17, 15) is 14.4 Å².